The van der Waals surface area contributed by atoms with E-state index in [9.17, 15) is 0 Å². The van der Waals surface area contributed by atoms with Gasteiger partial charge in [-0.1, -0.05) is 23.7 Å². The highest BCUT2D eigenvalue weighted by atomic mass is 35.5. The lowest BCUT2D eigenvalue weighted by molar-refractivity contribution is 0.330. The van der Waals surface area contributed by atoms with Gasteiger partial charge in [-0.3, -0.25) is 0 Å². The summed E-state index contributed by atoms with van der Waals surface area (Å²) in [6.07, 6.45) is 2.73. The molecule has 0 saturated carbocycles. The number of hydrogen-bond donors (Lipinski definition) is 1. The summed E-state index contributed by atoms with van der Waals surface area (Å²) < 4.78 is 0. The number of nitrogens with zero attached hydrogens (tertiary/aromatic N) is 1. The van der Waals surface area contributed by atoms with E-state index in [0.717, 1.165) is 18.1 Å². The average Bonchev–Trinajstić information content (AvgIpc) is 2.82. The zero-order chi connectivity index (χ0) is 12.1. The van der Waals surface area contributed by atoms with E-state index in [4.69, 9.17) is 11.6 Å². The first-order chi connectivity index (χ1) is 8.25. The van der Waals surface area contributed by atoms with Crippen LogP contribution in [0.5, 0.6) is 0 Å². The van der Waals surface area contributed by atoms with Gasteiger partial charge < -0.3 is 10.2 Å². The molecule has 1 unspecified atom stereocenters. The van der Waals surface area contributed by atoms with Crippen LogP contribution >= 0.6 is 11.6 Å². The molecular weight excluding hydrogens is 232 g/mol. The highest BCUT2D eigenvalue weighted by Crippen LogP contribution is 2.17. The van der Waals surface area contributed by atoms with E-state index < -0.39 is 0 Å². The van der Waals surface area contributed by atoms with E-state index in [-0.39, 0.29) is 0 Å². The third kappa shape index (κ3) is 3.98. The van der Waals surface area contributed by atoms with Gasteiger partial charge in [-0.25, -0.2) is 0 Å². The maximum absolute atomic E-state index is 5.99. The van der Waals surface area contributed by atoms with Gasteiger partial charge in [0.25, 0.3) is 0 Å². The van der Waals surface area contributed by atoms with Crippen molar-refractivity contribution in [3.05, 3.63) is 34.9 Å². The van der Waals surface area contributed by atoms with Crippen molar-refractivity contribution in [2.24, 2.45) is 0 Å². The Bertz CT molecular complexity index is 348. The molecule has 0 amide bonds. The normalized spacial score (nSPS) is 18.5. The van der Waals surface area contributed by atoms with E-state index >= 15 is 0 Å². The highest BCUT2D eigenvalue weighted by molar-refractivity contribution is 6.30. The van der Waals surface area contributed by atoms with E-state index in [1.165, 1.54) is 31.5 Å². The Morgan fingerprint density at radius 3 is 2.82 bits per heavy atom. The Morgan fingerprint density at radius 2 is 2.12 bits per heavy atom. The fourth-order valence-corrected chi connectivity index (χ4v) is 2.54. The lowest BCUT2D eigenvalue weighted by Gasteiger charge is -2.18. The van der Waals surface area contributed by atoms with E-state index in [1.807, 2.05) is 18.2 Å². The van der Waals surface area contributed by atoms with E-state index in [1.54, 1.807) is 0 Å². The van der Waals surface area contributed by atoms with Crippen molar-refractivity contribution >= 4 is 11.6 Å². The molecule has 2 nitrogen and oxygen atoms in total. The molecule has 3 heteroatoms. The van der Waals surface area contributed by atoms with Gasteiger partial charge in [0, 0.05) is 24.2 Å². The van der Waals surface area contributed by atoms with Crippen LogP contribution in [0, 0.1) is 0 Å². The third-order valence-electron chi connectivity index (χ3n) is 3.43. The lowest BCUT2D eigenvalue weighted by atomic mass is 10.1. The van der Waals surface area contributed by atoms with Crippen LogP contribution in [0.25, 0.3) is 0 Å². The molecule has 1 saturated heterocycles. The second kappa shape index (κ2) is 6.39. The van der Waals surface area contributed by atoms with Crippen molar-refractivity contribution in [1.82, 2.24) is 10.2 Å². The number of rotatable bonds is 5. The molecule has 1 N–H and O–H groups in total. The minimum absolute atomic E-state index is 0.372. The zero-order valence-electron chi connectivity index (χ0n) is 10.5. The molecule has 2 rings (SSSR count). The topological polar surface area (TPSA) is 15.3 Å². The average molecular weight is 253 g/mol. The van der Waals surface area contributed by atoms with Crippen molar-refractivity contribution in [1.29, 1.82) is 0 Å². The number of likely N-dealkylation sites (tertiary alicyclic amines) is 1. The molecule has 1 fully saturated rings. The largest absolute Gasteiger partial charge is 0.309 e. The number of halogens is 1. The van der Waals surface area contributed by atoms with Crippen LogP contribution in [-0.2, 0) is 0 Å². The minimum atomic E-state index is 0.372. The Kier molecular flexibility index (Phi) is 4.84. The summed E-state index contributed by atoms with van der Waals surface area (Å²) in [6.45, 7) is 6.94. The molecule has 0 radical (unpaired) electrons. The number of benzene rings is 1. The summed E-state index contributed by atoms with van der Waals surface area (Å²) in [6, 6.07) is 8.46. The number of nitrogens with one attached hydrogen (secondary N) is 1. The van der Waals surface area contributed by atoms with Gasteiger partial charge in [0.15, 0.2) is 0 Å². The van der Waals surface area contributed by atoms with Crippen molar-refractivity contribution in [2.75, 3.05) is 26.2 Å². The summed E-state index contributed by atoms with van der Waals surface area (Å²) in [5.41, 5.74) is 1.26. The first kappa shape index (κ1) is 12.9. The van der Waals surface area contributed by atoms with Crippen LogP contribution in [0.2, 0.25) is 5.02 Å². The Hall–Kier alpha value is -0.570. The third-order valence-corrected chi connectivity index (χ3v) is 3.66. The molecular formula is C14H21ClN2. The Labute approximate surface area is 109 Å². The fourth-order valence-electron chi connectivity index (χ4n) is 2.34. The predicted molar refractivity (Wildman–Crippen MR) is 73.5 cm³/mol. The molecule has 94 valence electrons. The Balaban J connectivity index is 1.74. The summed E-state index contributed by atoms with van der Waals surface area (Å²) in [4.78, 5) is 2.53. The summed E-state index contributed by atoms with van der Waals surface area (Å²) >= 11 is 5.99. The minimum Gasteiger partial charge on any atom is -0.309 e. The first-order valence-electron chi connectivity index (χ1n) is 6.47. The molecule has 1 heterocycles. The van der Waals surface area contributed by atoms with Gasteiger partial charge in [0.1, 0.15) is 0 Å². The maximum atomic E-state index is 5.99. The summed E-state index contributed by atoms with van der Waals surface area (Å²) in [5.74, 6) is 0. The Morgan fingerprint density at radius 1 is 1.35 bits per heavy atom. The van der Waals surface area contributed by atoms with Crippen LogP contribution < -0.4 is 5.32 Å². The van der Waals surface area contributed by atoms with Crippen molar-refractivity contribution < 1.29 is 0 Å². The molecule has 0 spiro atoms. The molecule has 1 aromatic rings. The van der Waals surface area contributed by atoms with Gasteiger partial charge in [-0.2, -0.15) is 0 Å². The van der Waals surface area contributed by atoms with Gasteiger partial charge in [0.2, 0.25) is 0 Å². The molecule has 17 heavy (non-hydrogen) atoms. The number of hydrogen-bond acceptors (Lipinski definition) is 2. The van der Waals surface area contributed by atoms with Crippen LogP contribution in [-0.4, -0.2) is 31.1 Å². The quantitative estimate of drug-likeness (QED) is 0.867. The first-order valence-corrected chi connectivity index (χ1v) is 6.85. The molecule has 0 aliphatic carbocycles. The predicted octanol–water partition coefficient (Wildman–Crippen LogP) is 3.09. The summed E-state index contributed by atoms with van der Waals surface area (Å²) in [5, 5.41) is 4.37. The zero-order valence-corrected chi connectivity index (χ0v) is 11.2. The fraction of sp³-hybridized carbons (Fsp3) is 0.571. The smallest absolute Gasteiger partial charge is 0.0409 e. The summed E-state index contributed by atoms with van der Waals surface area (Å²) in [7, 11) is 0. The van der Waals surface area contributed by atoms with Gasteiger partial charge in [0.05, 0.1) is 0 Å². The van der Waals surface area contributed by atoms with Gasteiger partial charge in [-0.05, 0) is 50.6 Å². The standard InChI is InChI=1S/C14H21ClN2/c1-12(13-5-4-6-14(15)11-13)16-7-10-17-8-2-3-9-17/h4-6,11-12,16H,2-3,7-10H2,1H3. The highest BCUT2D eigenvalue weighted by Gasteiger charge is 2.11. The van der Waals surface area contributed by atoms with E-state index in [2.05, 4.69) is 23.2 Å². The molecule has 1 aromatic carbocycles. The second-order valence-electron chi connectivity index (χ2n) is 4.78. The molecule has 1 atom stereocenters. The SMILES string of the molecule is CC(NCCN1CCCC1)c1cccc(Cl)c1. The molecule has 0 aromatic heterocycles. The maximum Gasteiger partial charge on any atom is 0.0409 e. The molecule has 1 aliphatic heterocycles. The van der Waals surface area contributed by atoms with Gasteiger partial charge >= 0.3 is 0 Å². The van der Waals surface area contributed by atoms with Gasteiger partial charge in [-0.15, -0.1) is 0 Å². The monoisotopic (exact) mass is 252 g/mol. The van der Waals surface area contributed by atoms with Crippen molar-refractivity contribution in [3.63, 3.8) is 0 Å². The van der Waals surface area contributed by atoms with Crippen LogP contribution in [0.4, 0.5) is 0 Å². The van der Waals surface area contributed by atoms with Crippen LogP contribution in [0.3, 0.4) is 0 Å². The second-order valence-corrected chi connectivity index (χ2v) is 5.22. The lowest BCUT2D eigenvalue weighted by Crippen LogP contribution is -2.31. The van der Waals surface area contributed by atoms with Crippen molar-refractivity contribution in [3.8, 4) is 0 Å². The molecule has 1 aliphatic rings. The van der Waals surface area contributed by atoms with Crippen LogP contribution in [0.1, 0.15) is 31.4 Å². The van der Waals surface area contributed by atoms with E-state index in [0.29, 0.717) is 6.04 Å². The van der Waals surface area contributed by atoms with Crippen molar-refractivity contribution in [2.45, 2.75) is 25.8 Å². The molecule has 0 bridgehead atoms. The van der Waals surface area contributed by atoms with Crippen LogP contribution in [0.15, 0.2) is 24.3 Å².